The molecule has 0 aliphatic carbocycles. The molecule has 3 aromatic rings. The molecule has 7 heteroatoms. The number of halogens is 3. The third-order valence-corrected chi connectivity index (χ3v) is 6.03. The van der Waals surface area contributed by atoms with E-state index in [1.807, 2.05) is 60.7 Å². The Morgan fingerprint density at radius 2 is 1.39 bits per heavy atom. The van der Waals surface area contributed by atoms with Crippen LogP contribution < -0.4 is 10.2 Å². The number of nitrogens with one attached hydrogen (secondary N) is 1. The first kappa shape index (κ1) is 23.1. The van der Waals surface area contributed by atoms with E-state index in [1.54, 1.807) is 12.1 Å². The zero-order valence-corrected chi connectivity index (χ0v) is 18.3. The fourth-order valence-corrected chi connectivity index (χ4v) is 4.27. The number of alkyl halides is 3. The van der Waals surface area contributed by atoms with Gasteiger partial charge in [0.2, 0.25) is 0 Å². The Balaban J connectivity index is 1.67. The Labute approximate surface area is 192 Å². The Bertz CT molecular complexity index is 980. The third-order valence-electron chi connectivity index (χ3n) is 6.03. The van der Waals surface area contributed by atoms with Gasteiger partial charge in [-0.3, -0.25) is 4.90 Å². The lowest BCUT2D eigenvalue weighted by Gasteiger charge is -2.36. The number of β-amino-alcohol motifs (C(OH)–C–C–N with tert-alkyl or cyclic N) is 1. The molecule has 1 saturated heterocycles. The topological polar surface area (TPSA) is 38.7 Å². The zero-order valence-electron chi connectivity index (χ0n) is 18.3. The van der Waals surface area contributed by atoms with Gasteiger partial charge in [-0.15, -0.1) is 0 Å². The van der Waals surface area contributed by atoms with Crippen LogP contribution in [0.5, 0.6) is 0 Å². The number of hydrogen-bond donors (Lipinski definition) is 2. The van der Waals surface area contributed by atoms with Gasteiger partial charge >= 0.3 is 6.18 Å². The van der Waals surface area contributed by atoms with Crippen LogP contribution in [-0.2, 0) is 6.18 Å². The summed E-state index contributed by atoms with van der Waals surface area (Å²) in [4.78, 5) is 4.25. The monoisotopic (exact) mass is 455 g/mol. The summed E-state index contributed by atoms with van der Waals surface area (Å²) in [5.41, 5.74) is 1.92. The van der Waals surface area contributed by atoms with Crippen LogP contribution in [0.4, 0.5) is 24.5 Å². The maximum absolute atomic E-state index is 13.9. The summed E-state index contributed by atoms with van der Waals surface area (Å²) in [7, 11) is 0. The predicted octanol–water partition coefficient (Wildman–Crippen LogP) is 5.02. The molecule has 174 valence electrons. The molecule has 4 rings (SSSR count). The van der Waals surface area contributed by atoms with E-state index in [0.717, 1.165) is 29.9 Å². The normalized spacial score (nSPS) is 15.1. The van der Waals surface area contributed by atoms with Crippen LogP contribution >= 0.6 is 0 Å². The molecule has 1 aliphatic rings. The van der Waals surface area contributed by atoms with Crippen LogP contribution in [0.1, 0.15) is 22.7 Å². The van der Waals surface area contributed by atoms with Gasteiger partial charge < -0.3 is 15.3 Å². The highest BCUT2D eigenvalue weighted by atomic mass is 19.4. The molecule has 1 heterocycles. The van der Waals surface area contributed by atoms with Crippen molar-refractivity contribution in [3.8, 4) is 0 Å². The van der Waals surface area contributed by atoms with Gasteiger partial charge in [0.25, 0.3) is 0 Å². The number of rotatable bonds is 7. The first-order valence-electron chi connectivity index (χ1n) is 11.1. The third kappa shape index (κ3) is 5.67. The molecule has 2 N–H and O–H groups in total. The molecule has 0 saturated carbocycles. The van der Waals surface area contributed by atoms with Crippen LogP contribution in [-0.4, -0.2) is 49.3 Å². The average Bonchev–Trinajstić information content (AvgIpc) is 2.83. The van der Waals surface area contributed by atoms with Crippen molar-refractivity contribution in [3.05, 3.63) is 95.6 Å². The maximum atomic E-state index is 13.9. The van der Waals surface area contributed by atoms with E-state index < -0.39 is 17.8 Å². The van der Waals surface area contributed by atoms with Crippen LogP contribution in [0.25, 0.3) is 0 Å². The number of anilines is 2. The maximum Gasteiger partial charge on any atom is 0.418 e. The summed E-state index contributed by atoms with van der Waals surface area (Å²) in [5.74, 6) is 0. The molecule has 0 bridgehead atoms. The first-order valence-corrected chi connectivity index (χ1v) is 11.1. The zero-order chi connectivity index (χ0) is 23.3. The highest BCUT2D eigenvalue weighted by Crippen LogP contribution is 2.39. The summed E-state index contributed by atoms with van der Waals surface area (Å²) in [5, 5.41) is 12.4. The number of benzene rings is 3. The molecule has 0 unspecified atom stereocenters. The first-order chi connectivity index (χ1) is 16.0. The quantitative estimate of drug-likeness (QED) is 0.525. The Kier molecular flexibility index (Phi) is 7.20. The second kappa shape index (κ2) is 10.3. The largest absolute Gasteiger partial charge is 0.418 e. The fraction of sp³-hybridized carbons (Fsp3) is 0.308. The molecule has 0 amide bonds. The average molecular weight is 456 g/mol. The highest BCUT2D eigenvalue weighted by Gasteiger charge is 2.35. The van der Waals surface area contributed by atoms with Crippen molar-refractivity contribution in [1.82, 2.24) is 4.90 Å². The second-order valence-corrected chi connectivity index (χ2v) is 8.18. The second-order valence-electron chi connectivity index (χ2n) is 8.18. The molecule has 1 aliphatic heterocycles. The van der Waals surface area contributed by atoms with Crippen LogP contribution in [0.2, 0.25) is 0 Å². The molecule has 0 aromatic heterocycles. The van der Waals surface area contributed by atoms with Gasteiger partial charge in [-0.2, -0.15) is 13.2 Å². The van der Waals surface area contributed by atoms with Crippen molar-refractivity contribution in [2.75, 3.05) is 49.5 Å². The van der Waals surface area contributed by atoms with Crippen molar-refractivity contribution in [2.24, 2.45) is 0 Å². The van der Waals surface area contributed by atoms with E-state index in [1.165, 1.54) is 6.07 Å². The van der Waals surface area contributed by atoms with E-state index in [-0.39, 0.29) is 12.3 Å². The number of nitrogens with zero attached hydrogens (tertiary/aromatic N) is 2. The van der Waals surface area contributed by atoms with Crippen molar-refractivity contribution in [3.63, 3.8) is 0 Å². The molecule has 0 radical (unpaired) electrons. The van der Waals surface area contributed by atoms with Crippen molar-refractivity contribution >= 4 is 11.4 Å². The molecular formula is C26H28F3N3O. The van der Waals surface area contributed by atoms with Gasteiger partial charge in [0.1, 0.15) is 0 Å². The van der Waals surface area contributed by atoms with Crippen LogP contribution in [0.3, 0.4) is 0 Å². The molecule has 0 atom stereocenters. The smallest absolute Gasteiger partial charge is 0.395 e. The van der Waals surface area contributed by atoms with Crippen molar-refractivity contribution < 1.29 is 18.3 Å². The minimum absolute atomic E-state index is 0.0653. The molecule has 4 nitrogen and oxygen atoms in total. The van der Waals surface area contributed by atoms with Crippen molar-refractivity contribution in [2.45, 2.75) is 12.2 Å². The van der Waals surface area contributed by atoms with E-state index >= 15 is 0 Å². The minimum Gasteiger partial charge on any atom is -0.395 e. The highest BCUT2D eigenvalue weighted by molar-refractivity contribution is 5.65. The summed E-state index contributed by atoms with van der Waals surface area (Å²) in [6, 6.07) is 22.9. The van der Waals surface area contributed by atoms with Crippen molar-refractivity contribution in [1.29, 1.82) is 0 Å². The molecule has 0 spiro atoms. The summed E-state index contributed by atoms with van der Waals surface area (Å²) >= 11 is 0. The number of piperazine rings is 1. The SMILES string of the molecule is OCCN1CCN(c2ccc(C(F)(F)F)c(NC(c3ccccc3)c3ccccc3)c2)CC1. The summed E-state index contributed by atoms with van der Waals surface area (Å²) in [6.45, 7) is 3.65. The Morgan fingerprint density at radius 1 is 0.818 bits per heavy atom. The van der Waals surface area contributed by atoms with E-state index in [4.69, 9.17) is 5.11 Å². The lowest BCUT2D eigenvalue weighted by Crippen LogP contribution is -2.47. The Morgan fingerprint density at radius 3 is 1.91 bits per heavy atom. The molecule has 1 fully saturated rings. The summed E-state index contributed by atoms with van der Waals surface area (Å²) < 4.78 is 41.8. The minimum atomic E-state index is -4.47. The molecule has 3 aromatic carbocycles. The van der Waals surface area contributed by atoms with Gasteiger partial charge in [0.05, 0.1) is 18.2 Å². The van der Waals surface area contributed by atoms with Gasteiger partial charge in [-0.1, -0.05) is 60.7 Å². The van der Waals surface area contributed by atoms with Gasteiger partial charge in [-0.05, 0) is 29.3 Å². The number of hydrogen-bond acceptors (Lipinski definition) is 4. The lowest BCUT2D eigenvalue weighted by molar-refractivity contribution is -0.137. The van der Waals surface area contributed by atoms with Gasteiger partial charge in [0, 0.05) is 44.1 Å². The lowest BCUT2D eigenvalue weighted by atomic mass is 9.97. The number of aliphatic hydroxyl groups excluding tert-OH is 1. The van der Waals surface area contributed by atoms with E-state index in [0.29, 0.717) is 19.6 Å². The van der Waals surface area contributed by atoms with E-state index in [2.05, 4.69) is 15.1 Å². The van der Waals surface area contributed by atoms with Gasteiger partial charge in [-0.25, -0.2) is 0 Å². The van der Waals surface area contributed by atoms with Crippen LogP contribution in [0.15, 0.2) is 78.9 Å². The molecule has 33 heavy (non-hydrogen) atoms. The number of aliphatic hydroxyl groups is 1. The fourth-order valence-electron chi connectivity index (χ4n) is 4.27. The Hall–Kier alpha value is -3.03. The standard InChI is InChI=1S/C26H28F3N3O/c27-26(28,29)23-12-11-22(32-15-13-31(14-16-32)17-18-33)19-24(23)30-25(20-7-3-1-4-8-20)21-9-5-2-6-10-21/h1-12,19,25,30,33H,13-18H2. The van der Waals surface area contributed by atoms with Crippen LogP contribution in [0, 0.1) is 0 Å². The molecular weight excluding hydrogens is 427 g/mol. The predicted molar refractivity (Wildman–Crippen MR) is 126 cm³/mol. The van der Waals surface area contributed by atoms with Gasteiger partial charge in [0.15, 0.2) is 0 Å². The van der Waals surface area contributed by atoms with E-state index in [9.17, 15) is 13.2 Å². The summed E-state index contributed by atoms with van der Waals surface area (Å²) in [6.07, 6.45) is -4.47.